The molecule has 0 aliphatic heterocycles. The van der Waals surface area contributed by atoms with Gasteiger partial charge in [0, 0.05) is 0 Å². The van der Waals surface area contributed by atoms with Crippen LogP contribution in [0.25, 0.3) is 10.8 Å². The number of rotatable bonds is 5. The zero-order valence-electron chi connectivity index (χ0n) is 12.7. The Kier molecular flexibility index (Phi) is 4.89. The van der Waals surface area contributed by atoms with E-state index in [-0.39, 0.29) is 18.6 Å². The van der Waals surface area contributed by atoms with Crippen molar-refractivity contribution in [2.45, 2.75) is 19.2 Å². The van der Waals surface area contributed by atoms with Gasteiger partial charge in [0.25, 0.3) is 0 Å². The number of halogens is 3. The van der Waals surface area contributed by atoms with E-state index < -0.39 is 17.7 Å². The molecule has 0 aliphatic carbocycles. The third-order valence-corrected chi connectivity index (χ3v) is 4.13. The third-order valence-electron chi connectivity index (χ3n) is 3.27. The summed E-state index contributed by atoms with van der Waals surface area (Å²) in [5.41, 5.74) is -0.130. The van der Waals surface area contributed by atoms with E-state index >= 15 is 0 Å². The normalized spacial score (nSPS) is 11.5. The molecule has 0 saturated carbocycles. The lowest BCUT2D eigenvalue weighted by atomic mass is 10.1. The summed E-state index contributed by atoms with van der Waals surface area (Å²) >= 11 is 1.46. The maximum absolute atomic E-state index is 12.7. The molecule has 0 fully saturated rings. The highest BCUT2D eigenvalue weighted by molar-refractivity contribution is 7.13. The Morgan fingerprint density at radius 2 is 2.08 bits per heavy atom. The number of alkyl halides is 3. The standard InChI is InChI=1S/C17H12F3NO3S/c18-17(19,20)12-4-1-3-11(7-12)8-15(22)23-9-13-10-24-16(21-13)14-5-2-6-25-14/h1-7,10H,8-9H2. The first-order chi connectivity index (χ1) is 11.9. The van der Waals surface area contributed by atoms with Crippen LogP contribution in [-0.4, -0.2) is 11.0 Å². The van der Waals surface area contributed by atoms with Crippen LogP contribution in [-0.2, 0) is 28.7 Å². The minimum Gasteiger partial charge on any atom is -0.459 e. The molecular formula is C17H12F3NO3S. The number of hydrogen-bond acceptors (Lipinski definition) is 5. The van der Waals surface area contributed by atoms with Crippen LogP contribution in [0.5, 0.6) is 0 Å². The topological polar surface area (TPSA) is 52.3 Å². The molecule has 0 spiro atoms. The lowest BCUT2D eigenvalue weighted by Gasteiger charge is -2.08. The molecule has 0 saturated heterocycles. The zero-order chi connectivity index (χ0) is 17.9. The van der Waals surface area contributed by atoms with E-state index in [4.69, 9.17) is 9.15 Å². The van der Waals surface area contributed by atoms with E-state index in [1.54, 1.807) is 0 Å². The van der Waals surface area contributed by atoms with Crippen LogP contribution < -0.4 is 0 Å². The summed E-state index contributed by atoms with van der Waals surface area (Å²) in [5, 5.41) is 1.88. The van der Waals surface area contributed by atoms with Gasteiger partial charge in [0.15, 0.2) is 0 Å². The molecule has 0 amide bonds. The fraction of sp³-hybridized carbons (Fsp3) is 0.176. The molecular weight excluding hydrogens is 355 g/mol. The summed E-state index contributed by atoms with van der Waals surface area (Å²) in [6.07, 6.45) is -3.31. The monoisotopic (exact) mass is 367 g/mol. The van der Waals surface area contributed by atoms with Crippen molar-refractivity contribution in [3.8, 4) is 10.8 Å². The number of ether oxygens (including phenoxy) is 1. The van der Waals surface area contributed by atoms with Crippen molar-refractivity contribution in [3.05, 3.63) is 64.9 Å². The lowest BCUT2D eigenvalue weighted by molar-refractivity contribution is -0.144. The molecule has 0 radical (unpaired) electrons. The Labute approximate surface area is 144 Å². The molecule has 0 atom stereocenters. The smallest absolute Gasteiger partial charge is 0.416 e. The number of esters is 1. The van der Waals surface area contributed by atoms with Gasteiger partial charge in [-0.2, -0.15) is 13.2 Å². The molecule has 4 nitrogen and oxygen atoms in total. The van der Waals surface area contributed by atoms with Gasteiger partial charge in [-0.25, -0.2) is 4.98 Å². The number of hydrogen-bond donors (Lipinski definition) is 0. The molecule has 0 aliphatic rings. The van der Waals surface area contributed by atoms with Gasteiger partial charge in [0.05, 0.1) is 16.9 Å². The second-order valence-corrected chi connectivity index (χ2v) is 6.10. The average Bonchev–Trinajstić information content (AvgIpc) is 3.24. The third kappa shape index (κ3) is 4.48. The molecule has 2 heterocycles. The maximum Gasteiger partial charge on any atom is 0.416 e. The van der Waals surface area contributed by atoms with Gasteiger partial charge in [0.2, 0.25) is 5.89 Å². The summed E-state index contributed by atoms with van der Waals surface area (Å²) in [4.78, 5) is 16.9. The highest BCUT2D eigenvalue weighted by Crippen LogP contribution is 2.29. The highest BCUT2D eigenvalue weighted by atomic mass is 32.1. The van der Waals surface area contributed by atoms with Crippen molar-refractivity contribution in [3.63, 3.8) is 0 Å². The predicted octanol–water partition coefficient (Wildman–Crippen LogP) is 4.71. The van der Waals surface area contributed by atoms with E-state index in [9.17, 15) is 18.0 Å². The van der Waals surface area contributed by atoms with Crippen molar-refractivity contribution in [2.75, 3.05) is 0 Å². The van der Waals surface area contributed by atoms with Gasteiger partial charge in [-0.05, 0) is 23.1 Å². The SMILES string of the molecule is O=C(Cc1cccc(C(F)(F)F)c1)OCc1coc(-c2cccs2)n1. The number of nitrogens with zero attached hydrogens (tertiary/aromatic N) is 1. The molecule has 0 bridgehead atoms. The van der Waals surface area contributed by atoms with Crippen LogP contribution in [0.4, 0.5) is 13.2 Å². The van der Waals surface area contributed by atoms with Gasteiger partial charge >= 0.3 is 12.1 Å². The fourth-order valence-corrected chi connectivity index (χ4v) is 2.77. The Morgan fingerprint density at radius 3 is 2.80 bits per heavy atom. The van der Waals surface area contributed by atoms with Crippen LogP contribution in [0.1, 0.15) is 16.8 Å². The average molecular weight is 367 g/mol. The molecule has 0 N–H and O–H groups in total. The van der Waals surface area contributed by atoms with Crippen molar-refractivity contribution in [1.82, 2.24) is 4.98 Å². The Balaban J connectivity index is 1.57. The Hall–Kier alpha value is -2.61. The first-order valence-electron chi connectivity index (χ1n) is 7.22. The van der Waals surface area contributed by atoms with E-state index in [1.807, 2.05) is 17.5 Å². The Morgan fingerprint density at radius 1 is 1.24 bits per heavy atom. The first-order valence-corrected chi connectivity index (χ1v) is 8.10. The summed E-state index contributed by atoms with van der Waals surface area (Å²) in [6.45, 7) is -0.104. The first kappa shape index (κ1) is 17.2. The van der Waals surface area contributed by atoms with Crippen LogP contribution in [0.2, 0.25) is 0 Å². The zero-order valence-corrected chi connectivity index (χ0v) is 13.6. The lowest BCUT2D eigenvalue weighted by Crippen LogP contribution is -2.10. The van der Waals surface area contributed by atoms with E-state index in [1.165, 1.54) is 29.7 Å². The predicted molar refractivity (Wildman–Crippen MR) is 84.8 cm³/mol. The molecule has 8 heteroatoms. The van der Waals surface area contributed by atoms with E-state index in [0.717, 1.165) is 17.0 Å². The number of carbonyl (C=O) groups is 1. The number of thiophene rings is 1. The van der Waals surface area contributed by atoms with Crippen LogP contribution in [0, 0.1) is 0 Å². The van der Waals surface area contributed by atoms with Gasteiger partial charge in [-0.3, -0.25) is 4.79 Å². The van der Waals surface area contributed by atoms with Gasteiger partial charge in [0.1, 0.15) is 18.6 Å². The Bertz CT molecular complexity index is 856. The molecule has 130 valence electrons. The second-order valence-electron chi connectivity index (χ2n) is 5.16. The quantitative estimate of drug-likeness (QED) is 0.613. The van der Waals surface area contributed by atoms with Gasteiger partial charge in [-0.1, -0.05) is 24.3 Å². The number of aromatic nitrogens is 1. The number of carbonyl (C=O) groups excluding carboxylic acids is 1. The summed E-state index contributed by atoms with van der Waals surface area (Å²) in [6, 6.07) is 8.30. The molecule has 2 aromatic heterocycles. The van der Waals surface area contributed by atoms with E-state index in [2.05, 4.69) is 4.98 Å². The largest absolute Gasteiger partial charge is 0.459 e. The molecule has 1 aromatic carbocycles. The van der Waals surface area contributed by atoms with Crippen LogP contribution >= 0.6 is 11.3 Å². The number of benzene rings is 1. The summed E-state index contributed by atoms with van der Waals surface area (Å²) in [5.74, 6) is -0.209. The second kappa shape index (κ2) is 7.10. The van der Waals surface area contributed by atoms with E-state index in [0.29, 0.717) is 11.6 Å². The number of oxazole rings is 1. The van der Waals surface area contributed by atoms with Crippen molar-refractivity contribution in [1.29, 1.82) is 0 Å². The van der Waals surface area contributed by atoms with Crippen LogP contribution in [0.15, 0.2) is 52.5 Å². The van der Waals surface area contributed by atoms with Gasteiger partial charge < -0.3 is 9.15 Å². The van der Waals surface area contributed by atoms with Crippen molar-refractivity contribution >= 4 is 17.3 Å². The van der Waals surface area contributed by atoms with Gasteiger partial charge in [-0.15, -0.1) is 11.3 Å². The highest BCUT2D eigenvalue weighted by Gasteiger charge is 2.30. The summed E-state index contributed by atoms with van der Waals surface area (Å²) in [7, 11) is 0. The summed E-state index contributed by atoms with van der Waals surface area (Å²) < 4.78 is 48.3. The minimum atomic E-state index is -4.45. The minimum absolute atomic E-state index is 0.104. The maximum atomic E-state index is 12.7. The van der Waals surface area contributed by atoms with Crippen molar-refractivity contribution < 1.29 is 27.1 Å². The molecule has 25 heavy (non-hydrogen) atoms. The van der Waals surface area contributed by atoms with Crippen LogP contribution in [0.3, 0.4) is 0 Å². The van der Waals surface area contributed by atoms with Crippen molar-refractivity contribution in [2.24, 2.45) is 0 Å². The fourth-order valence-electron chi connectivity index (χ4n) is 2.12. The molecule has 3 rings (SSSR count). The molecule has 0 unspecified atom stereocenters. The molecule has 3 aromatic rings.